The molecule has 0 radical (unpaired) electrons. The summed E-state index contributed by atoms with van der Waals surface area (Å²) < 4.78 is 0. The molecule has 0 spiro atoms. The van der Waals surface area contributed by atoms with Gasteiger partial charge in [0, 0.05) is 19.0 Å². The predicted molar refractivity (Wildman–Crippen MR) is 52.0 cm³/mol. The molecule has 0 aliphatic carbocycles. The molecule has 1 rings (SSSR count). The second-order valence-electron chi connectivity index (χ2n) is 3.49. The van der Waals surface area contributed by atoms with E-state index in [0.29, 0.717) is 6.04 Å². The highest BCUT2D eigenvalue weighted by Gasteiger charge is 2.14. The van der Waals surface area contributed by atoms with Gasteiger partial charge in [0.25, 0.3) is 0 Å². The van der Waals surface area contributed by atoms with Gasteiger partial charge in [0.05, 0.1) is 0 Å². The van der Waals surface area contributed by atoms with Crippen molar-refractivity contribution in [2.24, 2.45) is 0 Å². The molecule has 1 aliphatic rings. The van der Waals surface area contributed by atoms with Crippen LogP contribution in [0.4, 0.5) is 0 Å². The molecule has 12 heavy (non-hydrogen) atoms. The Morgan fingerprint density at radius 1 is 1.50 bits per heavy atom. The standard InChI is InChI=1S/C10H18N2/c1-3-4-7-11-10-5-8-12(2)9-6-10/h1,10-11H,4-9H2,2H3. The summed E-state index contributed by atoms with van der Waals surface area (Å²) in [7, 11) is 2.18. The third-order valence-corrected chi connectivity index (χ3v) is 2.42. The van der Waals surface area contributed by atoms with E-state index in [0.717, 1.165) is 13.0 Å². The van der Waals surface area contributed by atoms with Gasteiger partial charge in [-0.15, -0.1) is 12.3 Å². The van der Waals surface area contributed by atoms with Gasteiger partial charge in [-0.2, -0.15) is 0 Å². The van der Waals surface area contributed by atoms with Crippen molar-refractivity contribution >= 4 is 0 Å². The van der Waals surface area contributed by atoms with Crippen LogP contribution in [0.25, 0.3) is 0 Å². The van der Waals surface area contributed by atoms with Crippen LogP contribution in [-0.4, -0.2) is 37.6 Å². The van der Waals surface area contributed by atoms with Gasteiger partial charge >= 0.3 is 0 Å². The van der Waals surface area contributed by atoms with Crippen molar-refractivity contribution in [2.75, 3.05) is 26.7 Å². The summed E-state index contributed by atoms with van der Waals surface area (Å²) in [5.74, 6) is 2.64. The normalized spacial score (nSPS) is 20.7. The molecule has 1 saturated heterocycles. The topological polar surface area (TPSA) is 15.3 Å². The summed E-state index contributed by atoms with van der Waals surface area (Å²) in [5, 5.41) is 3.47. The number of hydrogen-bond donors (Lipinski definition) is 1. The van der Waals surface area contributed by atoms with Crippen molar-refractivity contribution < 1.29 is 0 Å². The fourth-order valence-corrected chi connectivity index (χ4v) is 1.56. The molecule has 1 heterocycles. The van der Waals surface area contributed by atoms with Gasteiger partial charge in [-0.3, -0.25) is 0 Å². The van der Waals surface area contributed by atoms with Crippen LogP contribution >= 0.6 is 0 Å². The van der Waals surface area contributed by atoms with Gasteiger partial charge in [-0.05, 0) is 33.0 Å². The molecule has 0 aromatic carbocycles. The first-order chi connectivity index (χ1) is 5.83. The van der Waals surface area contributed by atoms with Crippen molar-refractivity contribution in [1.29, 1.82) is 0 Å². The van der Waals surface area contributed by atoms with Crippen molar-refractivity contribution in [1.82, 2.24) is 10.2 Å². The van der Waals surface area contributed by atoms with Crippen molar-refractivity contribution in [3.63, 3.8) is 0 Å². The summed E-state index contributed by atoms with van der Waals surface area (Å²) in [6.45, 7) is 3.41. The molecular formula is C10H18N2. The second kappa shape index (κ2) is 5.18. The quantitative estimate of drug-likeness (QED) is 0.490. The molecule has 2 nitrogen and oxygen atoms in total. The number of nitrogens with zero attached hydrogens (tertiary/aromatic N) is 1. The van der Waals surface area contributed by atoms with Gasteiger partial charge < -0.3 is 10.2 Å². The minimum Gasteiger partial charge on any atom is -0.313 e. The first-order valence-electron chi connectivity index (χ1n) is 4.68. The van der Waals surface area contributed by atoms with E-state index in [1.807, 2.05) is 0 Å². The molecule has 1 N–H and O–H groups in total. The highest BCUT2D eigenvalue weighted by molar-refractivity contribution is 4.85. The lowest BCUT2D eigenvalue weighted by Gasteiger charge is -2.29. The fourth-order valence-electron chi connectivity index (χ4n) is 1.56. The molecule has 0 bridgehead atoms. The highest BCUT2D eigenvalue weighted by atomic mass is 15.1. The molecule has 1 fully saturated rings. The smallest absolute Gasteiger partial charge is 0.0211 e. The van der Waals surface area contributed by atoms with Gasteiger partial charge in [-0.1, -0.05) is 0 Å². The van der Waals surface area contributed by atoms with Crippen LogP contribution in [0.5, 0.6) is 0 Å². The second-order valence-corrected chi connectivity index (χ2v) is 3.49. The van der Waals surface area contributed by atoms with E-state index in [9.17, 15) is 0 Å². The van der Waals surface area contributed by atoms with Crippen LogP contribution in [0, 0.1) is 12.3 Å². The molecular weight excluding hydrogens is 148 g/mol. The van der Waals surface area contributed by atoms with Gasteiger partial charge in [0.2, 0.25) is 0 Å². The largest absolute Gasteiger partial charge is 0.313 e. The molecule has 0 atom stereocenters. The Bertz CT molecular complexity index is 152. The summed E-state index contributed by atoms with van der Waals surface area (Å²) in [5.41, 5.74) is 0. The molecule has 0 saturated carbocycles. The van der Waals surface area contributed by atoms with E-state index in [-0.39, 0.29) is 0 Å². The molecule has 0 aromatic heterocycles. The van der Waals surface area contributed by atoms with Gasteiger partial charge in [0.1, 0.15) is 0 Å². The number of nitrogens with one attached hydrogen (secondary N) is 1. The Balaban J connectivity index is 2.06. The fraction of sp³-hybridized carbons (Fsp3) is 0.800. The molecule has 68 valence electrons. The average molecular weight is 166 g/mol. The van der Waals surface area contributed by atoms with Crippen LogP contribution in [0.3, 0.4) is 0 Å². The molecule has 0 aromatic rings. The summed E-state index contributed by atoms with van der Waals surface area (Å²) in [6.07, 6.45) is 8.55. The van der Waals surface area contributed by atoms with E-state index in [4.69, 9.17) is 6.42 Å². The van der Waals surface area contributed by atoms with E-state index < -0.39 is 0 Å². The summed E-state index contributed by atoms with van der Waals surface area (Å²) in [6, 6.07) is 0.703. The first-order valence-corrected chi connectivity index (χ1v) is 4.68. The van der Waals surface area contributed by atoms with Crippen LogP contribution in [0.2, 0.25) is 0 Å². The molecule has 1 aliphatic heterocycles. The number of likely N-dealkylation sites (tertiary alicyclic amines) is 1. The van der Waals surface area contributed by atoms with Crippen molar-refractivity contribution in [2.45, 2.75) is 25.3 Å². The monoisotopic (exact) mass is 166 g/mol. The lowest BCUT2D eigenvalue weighted by atomic mass is 10.1. The van der Waals surface area contributed by atoms with Crippen LogP contribution in [0.15, 0.2) is 0 Å². The SMILES string of the molecule is C#CCCNC1CCN(C)CC1. The lowest BCUT2D eigenvalue weighted by Crippen LogP contribution is -2.41. The Kier molecular flexibility index (Phi) is 4.13. The Hall–Kier alpha value is -0.520. The zero-order valence-corrected chi connectivity index (χ0v) is 7.84. The summed E-state index contributed by atoms with van der Waals surface area (Å²) >= 11 is 0. The maximum absolute atomic E-state index is 5.17. The van der Waals surface area contributed by atoms with Gasteiger partial charge in [-0.25, -0.2) is 0 Å². The van der Waals surface area contributed by atoms with Crippen molar-refractivity contribution in [3.8, 4) is 12.3 Å². The molecule has 0 amide bonds. The van der Waals surface area contributed by atoms with Gasteiger partial charge in [0.15, 0.2) is 0 Å². The number of hydrogen-bond acceptors (Lipinski definition) is 2. The maximum atomic E-state index is 5.17. The number of rotatable bonds is 3. The Labute approximate surface area is 75.3 Å². The predicted octanol–water partition coefficient (Wildman–Crippen LogP) is 0.694. The van der Waals surface area contributed by atoms with E-state index in [1.54, 1.807) is 0 Å². The zero-order chi connectivity index (χ0) is 8.81. The van der Waals surface area contributed by atoms with Crippen LogP contribution in [0.1, 0.15) is 19.3 Å². The third-order valence-electron chi connectivity index (χ3n) is 2.42. The molecule has 2 heteroatoms. The van der Waals surface area contributed by atoms with Crippen molar-refractivity contribution in [3.05, 3.63) is 0 Å². The Morgan fingerprint density at radius 2 is 2.17 bits per heavy atom. The summed E-state index contributed by atoms with van der Waals surface area (Å²) in [4.78, 5) is 2.37. The average Bonchev–Trinajstić information content (AvgIpc) is 2.09. The zero-order valence-electron chi connectivity index (χ0n) is 7.84. The lowest BCUT2D eigenvalue weighted by molar-refractivity contribution is 0.236. The van der Waals surface area contributed by atoms with E-state index in [1.165, 1.54) is 25.9 Å². The number of terminal acetylenes is 1. The highest BCUT2D eigenvalue weighted by Crippen LogP contribution is 2.07. The van der Waals surface area contributed by atoms with E-state index >= 15 is 0 Å². The third kappa shape index (κ3) is 3.25. The Morgan fingerprint density at radius 3 is 2.75 bits per heavy atom. The minimum atomic E-state index is 0.703. The molecule has 0 unspecified atom stereocenters. The van der Waals surface area contributed by atoms with E-state index in [2.05, 4.69) is 23.2 Å². The first kappa shape index (κ1) is 9.57. The maximum Gasteiger partial charge on any atom is 0.0211 e. The van der Waals surface area contributed by atoms with Crippen LogP contribution < -0.4 is 5.32 Å². The minimum absolute atomic E-state index is 0.703. The number of piperidine rings is 1. The van der Waals surface area contributed by atoms with Crippen LogP contribution in [-0.2, 0) is 0 Å².